The molecule has 24 heavy (non-hydrogen) atoms. The second-order valence-electron chi connectivity index (χ2n) is 5.65. The highest BCUT2D eigenvalue weighted by Crippen LogP contribution is 2.30. The van der Waals surface area contributed by atoms with Crippen LogP contribution in [0.25, 0.3) is 0 Å². The van der Waals surface area contributed by atoms with Crippen molar-refractivity contribution in [1.29, 1.82) is 0 Å². The van der Waals surface area contributed by atoms with E-state index in [0.29, 0.717) is 18.9 Å². The predicted molar refractivity (Wildman–Crippen MR) is 86.9 cm³/mol. The molecule has 3 N–H and O–H groups in total. The van der Waals surface area contributed by atoms with Crippen molar-refractivity contribution in [3.63, 3.8) is 0 Å². The Labute approximate surface area is 137 Å². The number of benzene rings is 1. The topological polar surface area (TPSA) is 109 Å². The fourth-order valence-corrected chi connectivity index (χ4v) is 2.77. The van der Waals surface area contributed by atoms with Crippen molar-refractivity contribution in [2.24, 2.45) is 0 Å². The fraction of sp³-hybridized carbons (Fsp3) is 0.250. The number of fused-ring (bicyclic) bond motifs is 2. The summed E-state index contributed by atoms with van der Waals surface area (Å²) in [5, 5.41) is 9.62. The van der Waals surface area contributed by atoms with Crippen molar-refractivity contribution in [3.05, 3.63) is 63.7 Å². The molecule has 2 aromatic heterocycles. The molecule has 1 aliphatic rings. The van der Waals surface area contributed by atoms with Crippen LogP contribution < -0.4 is 15.7 Å². The van der Waals surface area contributed by atoms with E-state index in [1.807, 2.05) is 31.2 Å². The molecule has 8 heteroatoms. The van der Waals surface area contributed by atoms with Crippen LogP contribution in [0.1, 0.15) is 35.6 Å². The minimum absolute atomic E-state index is 0.206. The van der Waals surface area contributed by atoms with E-state index >= 15 is 0 Å². The molecule has 1 atom stereocenters. The number of H-pyrrole nitrogens is 2. The van der Waals surface area contributed by atoms with Gasteiger partial charge in [0.25, 0.3) is 0 Å². The van der Waals surface area contributed by atoms with E-state index in [1.165, 1.54) is 6.33 Å². The first-order chi connectivity index (χ1) is 11.7. The molecule has 0 fully saturated rings. The van der Waals surface area contributed by atoms with E-state index in [2.05, 4.69) is 30.5 Å². The van der Waals surface area contributed by atoms with Gasteiger partial charge in [0.2, 0.25) is 0 Å². The summed E-state index contributed by atoms with van der Waals surface area (Å²) in [4.78, 5) is 22.6. The predicted octanol–water partition coefficient (Wildman–Crippen LogP) is 1.54. The minimum Gasteiger partial charge on any atom is -0.487 e. The van der Waals surface area contributed by atoms with E-state index in [1.54, 1.807) is 0 Å². The van der Waals surface area contributed by atoms with Crippen molar-refractivity contribution in [1.82, 2.24) is 25.1 Å². The summed E-state index contributed by atoms with van der Waals surface area (Å²) in [6.07, 6.45) is 2.19. The first-order valence-corrected chi connectivity index (χ1v) is 7.65. The molecule has 4 rings (SSSR count). The summed E-state index contributed by atoms with van der Waals surface area (Å²) in [6.45, 7) is 2.30. The second-order valence-corrected chi connectivity index (χ2v) is 5.65. The summed E-state index contributed by atoms with van der Waals surface area (Å²) < 4.78 is 5.84. The van der Waals surface area contributed by atoms with Gasteiger partial charge in [0.05, 0.1) is 11.7 Å². The van der Waals surface area contributed by atoms with E-state index in [9.17, 15) is 4.79 Å². The van der Waals surface area contributed by atoms with Gasteiger partial charge in [0.15, 0.2) is 5.82 Å². The van der Waals surface area contributed by atoms with Gasteiger partial charge in [-0.05, 0) is 18.6 Å². The largest absolute Gasteiger partial charge is 0.487 e. The SMILES string of the molecule is CC(Nc1ncnc2c1Cc1ccccc1OC2)c1n[nH]c(=O)[nH]1. The van der Waals surface area contributed by atoms with Gasteiger partial charge in [-0.1, -0.05) is 18.2 Å². The maximum atomic E-state index is 11.2. The van der Waals surface area contributed by atoms with Crippen LogP contribution in [-0.4, -0.2) is 25.1 Å². The number of aromatic amines is 2. The molecule has 8 nitrogen and oxygen atoms in total. The fourth-order valence-electron chi connectivity index (χ4n) is 2.77. The minimum atomic E-state index is -0.331. The summed E-state index contributed by atoms with van der Waals surface area (Å²) >= 11 is 0. The number of ether oxygens (including phenoxy) is 1. The number of nitrogens with zero attached hydrogens (tertiary/aromatic N) is 3. The van der Waals surface area contributed by atoms with Crippen LogP contribution in [-0.2, 0) is 13.0 Å². The normalized spacial score (nSPS) is 14.0. The summed E-state index contributed by atoms with van der Waals surface area (Å²) in [6, 6.07) is 7.73. The highest BCUT2D eigenvalue weighted by molar-refractivity contribution is 5.52. The number of hydrogen-bond acceptors (Lipinski definition) is 6. The van der Waals surface area contributed by atoms with Gasteiger partial charge in [0, 0.05) is 12.0 Å². The maximum absolute atomic E-state index is 11.2. The molecule has 0 bridgehead atoms. The van der Waals surface area contributed by atoms with Crippen LogP contribution in [0.15, 0.2) is 35.4 Å². The molecule has 1 aliphatic heterocycles. The molecule has 3 heterocycles. The van der Waals surface area contributed by atoms with E-state index < -0.39 is 0 Å². The molecule has 3 aromatic rings. The Hall–Kier alpha value is -3.16. The highest BCUT2D eigenvalue weighted by Gasteiger charge is 2.20. The van der Waals surface area contributed by atoms with Crippen LogP contribution in [0.3, 0.4) is 0 Å². The molecule has 1 unspecified atom stereocenters. The molecule has 0 spiro atoms. The van der Waals surface area contributed by atoms with Crippen LogP contribution in [0, 0.1) is 0 Å². The molecule has 1 aromatic carbocycles. The van der Waals surface area contributed by atoms with E-state index in [-0.39, 0.29) is 11.7 Å². The number of rotatable bonds is 3. The zero-order valence-corrected chi connectivity index (χ0v) is 13.0. The van der Waals surface area contributed by atoms with Crippen molar-refractivity contribution < 1.29 is 4.74 Å². The van der Waals surface area contributed by atoms with Crippen molar-refractivity contribution >= 4 is 5.82 Å². The Morgan fingerprint density at radius 3 is 3.00 bits per heavy atom. The number of aromatic nitrogens is 5. The standard InChI is InChI=1S/C16H16N6O2/c1-9(14-20-16(23)22-21-14)19-15-11-6-10-4-2-3-5-13(10)24-7-12(11)17-8-18-15/h2-5,8-9H,6-7H2,1H3,(H,17,18,19)(H2,20,21,22,23). The van der Waals surface area contributed by atoms with Gasteiger partial charge in [-0.15, -0.1) is 0 Å². The third-order valence-corrected chi connectivity index (χ3v) is 4.02. The van der Waals surface area contributed by atoms with Crippen LogP contribution in [0.2, 0.25) is 0 Å². The van der Waals surface area contributed by atoms with E-state index in [4.69, 9.17) is 4.74 Å². The molecule has 0 radical (unpaired) electrons. The van der Waals surface area contributed by atoms with Gasteiger partial charge in [0.1, 0.15) is 24.5 Å². The number of nitrogens with one attached hydrogen (secondary N) is 3. The number of hydrogen-bond donors (Lipinski definition) is 3. The quantitative estimate of drug-likeness (QED) is 0.674. The molecular formula is C16H16N6O2. The summed E-state index contributed by atoms with van der Waals surface area (Å²) in [5.41, 5.74) is 2.61. The lowest BCUT2D eigenvalue weighted by Gasteiger charge is -2.15. The molecular weight excluding hydrogens is 308 g/mol. The second kappa shape index (κ2) is 5.80. The molecule has 0 saturated heterocycles. The average molecular weight is 324 g/mol. The Balaban J connectivity index is 1.68. The molecule has 0 amide bonds. The lowest BCUT2D eigenvalue weighted by molar-refractivity contribution is 0.302. The molecule has 0 saturated carbocycles. The van der Waals surface area contributed by atoms with Crippen LogP contribution >= 0.6 is 0 Å². The summed E-state index contributed by atoms with van der Waals surface area (Å²) in [5.74, 6) is 2.11. The number of anilines is 1. The number of para-hydroxylation sites is 1. The Kier molecular flexibility index (Phi) is 3.49. The molecule has 0 aliphatic carbocycles. The highest BCUT2D eigenvalue weighted by atomic mass is 16.5. The van der Waals surface area contributed by atoms with Gasteiger partial charge < -0.3 is 10.1 Å². The lowest BCUT2D eigenvalue weighted by Crippen LogP contribution is -2.14. The van der Waals surface area contributed by atoms with Crippen LogP contribution in [0.5, 0.6) is 5.75 Å². The average Bonchev–Trinajstić information content (AvgIpc) is 2.93. The van der Waals surface area contributed by atoms with Gasteiger partial charge in [-0.2, -0.15) is 5.10 Å². The smallest absolute Gasteiger partial charge is 0.340 e. The molecule has 122 valence electrons. The summed E-state index contributed by atoms with van der Waals surface area (Å²) in [7, 11) is 0. The monoisotopic (exact) mass is 324 g/mol. The Bertz CT molecular complexity index is 932. The zero-order valence-electron chi connectivity index (χ0n) is 13.0. The Morgan fingerprint density at radius 1 is 1.29 bits per heavy atom. The Morgan fingerprint density at radius 2 is 2.17 bits per heavy atom. The first-order valence-electron chi connectivity index (χ1n) is 7.65. The van der Waals surface area contributed by atoms with Crippen LogP contribution in [0.4, 0.5) is 5.82 Å². The van der Waals surface area contributed by atoms with Gasteiger partial charge >= 0.3 is 5.69 Å². The van der Waals surface area contributed by atoms with Crippen molar-refractivity contribution in [2.45, 2.75) is 26.0 Å². The van der Waals surface area contributed by atoms with E-state index in [0.717, 1.165) is 28.4 Å². The van der Waals surface area contributed by atoms with Crippen molar-refractivity contribution in [2.75, 3.05) is 5.32 Å². The third-order valence-electron chi connectivity index (χ3n) is 4.02. The van der Waals surface area contributed by atoms with Gasteiger partial charge in [-0.25, -0.2) is 19.9 Å². The van der Waals surface area contributed by atoms with Gasteiger partial charge in [-0.3, -0.25) is 4.98 Å². The van der Waals surface area contributed by atoms with Crippen molar-refractivity contribution in [3.8, 4) is 5.75 Å². The maximum Gasteiger partial charge on any atom is 0.340 e. The lowest BCUT2D eigenvalue weighted by atomic mass is 10.0. The third kappa shape index (κ3) is 2.62. The first kappa shape index (κ1) is 14.4. The zero-order chi connectivity index (χ0) is 16.5.